The number of halogens is 3. The molecule has 1 aliphatic carbocycles. The topological polar surface area (TPSA) is 46.5 Å². The van der Waals surface area contributed by atoms with E-state index in [2.05, 4.69) is 13.8 Å². The van der Waals surface area contributed by atoms with Gasteiger partial charge in [-0.05, 0) is 43.2 Å². The SMILES string of the molecule is CC(C)Cc1ccc([C@@H](C)C(=O)OCC[C@@H]2C[C@]2(O)C(F)(F)F)cc1. The highest BCUT2D eigenvalue weighted by molar-refractivity contribution is 5.77. The molecule has 0 heterocycles. The molecule has 3 atom stereocenters. The van der Waals surface area contributed by atoms with Crippen molar-refractivity contribution in [3.63, 3.8) is 0 Å². The van der Waals surface area contributed by atoms with Crippen LogP contribution in [0.25, 0.3) is 0 Å². The second kappa shape index (κ2) is 7.36. The lowest BCUT2D eigenvalue weighted by molar-refractivity contribution is -0.224. The van der Waals surface area contributed by atoms with Crippen molar-refractivity contribution < 1.29 is 27.8 Å². The smallest absolute Gasteiger partial charge is 0.417 e. The van der Waals surface area contributed by atoms with Crippen LogP contribution in [0.2, 0.25) is 0 Å². The second-order valence-electron chi connectivity index (χ2n) is 7.34. The molecule has 0 saturated heterocycles. The van der Waals surface area contributed by atoms with Crippen molar-refractivity contribution in [2.24, 2.45) is 11.8 Å². The third kappa shape index (κ3) is 4.75. The molecule has 1 saturated carbocycles. The van der Waals surface area contributed by atoms with Crippen LogP contribution in [0.1, 0.15) is 50.7 Å². The number of benzene rings is 1. The van der Waals surface area contributed by atoms with Gasteiger partial charge in [-0.15, -0.1) is 0 Å². The average Bonchev–Trinajstić information content (AvgIpc) is 3.18. The molecule has 140 valence electrons. The number of rotatable bonds is 7. The summed E-state index contributed by atoms with van der Waals surface area (Å²) in [5.74, 6) is -1.28. The number of aliphatic hydroxyl groups is 1. The average molecular weight is 358 g/mol. The van der Waals surface area contributed by atoms with Crippen molar-refractivity contribution in [1.82, 2.24) is 0 Å². The first-order valence-corrected chi connectivity index (χ1v) is 8.59. The van der Waals surface area contributed by atoms with E-state index in [0.29, 0.717) is 5.92 Å². The van der Waals surface area contributed by atoms with Gasteiger partial charge in [0.2, 0.25) is 0 Å². The van der Waals surface area contributed by atoms with Gasteiger partial charge in [-0.2, -0.15) is 13.2 Å². The van der Waals surface area contributed by atoms with Crippen LogP contribution in [0, 0.1) is 11.8 Å². The van der Waals surface area contributed by atoms with Gasteiger partial charge in [0.05, 0.1) is 12.5 Å². The summed E-state index contributed by atoms with van der Waals surface area (Å²) >= 11 is 0. The summed E-state index contributed by atoms with van der Waals surface area (Å²) in [6, 6.07) is 7.72. The quantitative estimate of drug-likeness (QED) is 0.742. The molecule has 0 spiro atoms. The number of ether oxygens (including phenoxy) is 1. The molecule has 0 aromatic heterocycles. The minimum atomic E-state index is -4.62. The van der Waals surface area contributed by atoms with E-state index >= 15 is 0 Å². The number of carbonyl (C=O) groups excluding carboxylic acids is 1. The zero-order valence-corrected chi connectivity index (χ0v) is 14.8. The van der Waals surface area contributed by atoms with Gasteiger partial charge in [0, 0.05) is 5.92 Å². The van der Waals surface area contributed by atoms with Gasteiger partial charge in [-0.25, -0.2) is 0 Å². The molecular weight excluding hydrogens is 333 g/mol. The van der Waals surface area contributed by atoms with Crippen molar-refractivity contribution in [1.29, 1.82) is 0 Å². The normalized spacial score (nSPS) is 24.2. The van der Waals surface area contributed by atoms with Crippen LogP contribution >= 0.6 is 0 Å². The Bertz CT molecular complexity index is 595. The summed E-state index contributed by atoms with van der Waals surface area (Å²) in [4.78, 5) is 12.1. The summed E-state index contributed by atoms with van der Waals surface area (Å²) in [7, 11) is 0. The molecule has 3 nitrogen and oxygen atoms in total. The number of hydrogen-bond acceptors (Lipinski definition) is 3. The highest BCUT2D eigenvalue weighted by Crippen LogP contribution is 2.55. The number of alkyl halides is 3. The van der Waals surface area contributed by atoms with E-state index in [1.165, 1.54) is 5.56 Å². The van der Waals surface area contributed by atoms with Crippen molar-refractivity contribution in [2.45, 2.75) is 57.7 Å². The molecule has 1 N–H and O–H groups in total. The maximum atomic E-state index is 12.6. The van der Waals surface area contributed by atoms with Gasteiger partial charge in [-0.1, -0.05) is 38.1 Å². The van der Waals surface area contributed by atoms with E-state index in [1.807, 2.05) is 24.3 Å². The van der Waals surface area contributed by atoms with Crippen molar-refractivity contribution in [3.05, 3.63) is 35.4 Å². The molecule has 0 aliphatic heterocycles. The Labute approximate surface area is 146 Å². The Kier molecular flexibility index (Phi) is 5.82. The van der Waals surface area contributed by atoms with E-state index in [1.54, 1.807) is 6.92 Å². The van der Waals surface area contributed by atoms with Gasteiger partial charge >= 0.3 is 12.1 Å². The molecule has 1 aromatic rings. The summed E-state index contributed by atoms with van der Waals surface area (Å²) in [6.45, 7) is 5.86. The largest absolute Gasteiger partial charge is 0.465 e. The fourth-order valence-electron chi connectivity index (χ4n) is 2.98. The summed E-state index contributed by atoms with van der Waals surface area (Å²) in [6.07, 6.45) is -3.96. The third-order valence-corrected chi connectivity index (χ3v) is 4.75. The minimum Gasteiger partial charge on any atom is -0.465 e. The van der Waals surface area contributed by atoms with Crippen LogP contribution < -0.4 is 0 Å². The molecule has 0 unspecified atom stereocenters. The Morgan fingerprint density at radius 1 is 1.28 bits per heavy atom. The lowest BCUT2D eigenvalue weighted by Gasteiger charge is -2.15. The fraction of sp³-hybridized carbons (Fsp3) is 0.632. The van der Waals surface area contributed by atoms with Crippen molar-refractivity contribution >= 4 is 5.97 Å². The number of esters is 1. The van der Waals surface area contributed by atoms with Crippen molar-refractivity contribution in [2.75, 3.05) is 6.61 Å². The highest BCUT2D eigenvalue weighted by atomic mass is 19.4. The first-order valence-electron chi connectivity index (χ1n) is 8.59. The standard InChI is InChI=1S/C19H25F3O3/c1-12(2)10-14-4-6-15(7-5-14)13(3)17(23)25-9-8-16-11-18(16,24)19(20,21)22/h4-7,12-13,16,24H,8-11H2,1-3H3/t13-,16-,18-/m1/s1. The molecule has 1 aliphatic rings. The maximum Gasteiger partial charge on any atom is 0.417 e. The molecule has 6 heteroatoms. The zero-order chi connectivity index (χ0) is 18.8. The Hall–Kier alpha value is -1.56. The zero-order valence-electron chi connectivity index (χ0n) is 14.8. The van der Waals surface area contributed by atoms with E-state index in [4.69, 9.17) is 4.74 Å². The molecule has 0 amide bonds. The van der Waals surface area contributed by atoms with Gasteiger partial charge in [0.15, 0.2) is 5.60 Å². The van der Waals surface area contributed by atoms with Gasteiger partial charge in [-0.3, -0.25) is 4.79 Å². The Morgan fingerprint density at radius 2 is 1.88 bits per heavy atom. The lowest BCUT2D eigenvalue weighted by Crippen LogP contribution is -2.33. The molecular formula is C19H25F3O3. The maximum absolute atomic E-state index is 12.6. The van der Waals surface area contributed by atoms with Crippen LogP contribution in [-0.2, 0) is 16.0 Å². The molecule has 2 rings (SSSR count). The summed E-state index contributed by atoms with van der Waals surface area (Å²) in [5.41, 5.74) is -0.590. The van der Waals surface area contributed by atoms with Crippen LogP contribution in [-0.4, -0.2) is 29.5 Å². The molecule has 0 bridgehead atoms. The molecule has 1 fully saturated rings. The molecule has 0 radical (unpaired) electrons. The lowest BCUT2D eigenvalue weighted by atomic mass is 9.97. The summed E-state index contributed by atoms with van der Waals surface area (Å²) in [5, 5.41) is 9.40. The van der Waals surface area contributed by atoms with E-state index in [0.717, 1.165) is 12.0 Å². The number of carbonyl (C=O) groups is 1. The third-order valence-electron chi connectivity index (χ3n) is 4.75. The molecule has 1 aromatic carbocycles. The van der Waals surface area contributed by atoms with Gasteiger partial charge in [0.1, 0.15) is 0 Å². The van der Waals surface area contributed by atoms with Gasteiger partial charge in [0.25, 0.3) is 0 Å². The second-order valence-corrected chi connectivity index (χ2v) is 7.34. The monoisotopic (exact) mass is 358 g/mol. The summed E-state index contributed by atoms with van der Waals surface area (Å²) < 4.78 is 42.8. The van der Waals surface area contributed by atoms with Crippen molar-refractivity contribution in [3.8, 4) is 0 Å². The van der Waals surface area contributed by atoms with E-state index in [-0.39, 0.29) is 19.4 Å². The van der Waals surface area contributed by atoms with Crippen LogP contribution in [0.3, 0.4) is 0 Å². The minimum absolute atomic E-state index is 0.0157. The first-order chi connectivity index (χ1) is 11.5. The first kappa shape index (κ1) is 19.8. The number of hydrogen-bond donors (Lipinski definition) is 1. The predicted molar refractivity (Wildman–Crippen MR) is 88.1 cm³/mol. The predicted octanol–water partition coefficient (Wildman–Crippen LogP) is 4.24. The Morgan fingerprint density at radius 3 is 2.36 bits per heavy atom. The van der Waals surface area contributed by atoms with E-state index < -0.39 is 29.6 Å². The van der Waals surface area contributed by atoms with Gasteiger partial charge < -0.3 is 9.84 Å². The van der Waals surface area contributed by atoms with Crippen LogP contribution in [0.15, 0.2) is 24.3 Å². The fourth-order valence-corrected chi connectivity index (χ4v) is 2.98. The molecule has 25 heavy (non-hydrogen) atoms. The highest BCUT2D eigenvalue weighted by Gasteiger charge is 2.69. The van der Waals surface area contributed by atoms with E-state index in [9.17, 15) is 23.1 Å². The van der Waals surface area contributed by atoms with Crippen LogP contribution in [0.4, 0.5) is 13.2 Å². The Balaban J connectivity index is 1.79. The van der Waals surface area contributed by atoms with Crippen LogP contribution in [0.5, 0.6) is 0 Å².